The lowest BCUT2D eigenvalue weighted by Gasteiger charge is -2.05. The normalized spacial score (nSPS) is 12.4. The second-order valence-electron chi connectivity index (χ2n) is 2.88. The molecule has 0 saturated heterocycles. The van der Waals surface area contributed by atoms with Crippen molar-refractivity contribution in [2.45, 2.75) is 33.3 Å². The molecule has 58 valence electrons. The summed E-state index contributed by atoms with van der Waals surface area (Å²) in [5.41, 5.74) is 2.07. The highest BCUT2D eigenvalue weighted by molar-refractivity contribution is 5.03. The van der Waals surface area contributed by atoms with Gasteiger partial charge in [0.2, 0.25) is 0 Å². The third-order valence-electron chi connectivity index (χ3n) is 1.32. The van der Waals surface area contributed by atoms with Crippen LogP contribution in [0.1, 0.15) is 27.2 Å². The Morgan fingerprint density at radius 3 is 2.30 bits per heavy atom. The van der Waals surface area contributed by atoms with E-state index in [9.17, 15) is 5.11 Å². The second kappa shape index (κ2) is 4.29. The Hall–Kier alpha value is -0.560. The molecular weight excluding hydrogens is 124 g/mol. The molecule has 0 amide bonds. The SMILES string of the molecule is C=C(C)C(O)CC=C(C)C. The van der Waals surface area contributed by atoms with Gasteiger partial charge in [0, 0.05) is 0 Å². The van der Waals surface area contributed by atoms with Gasteiger partial charge in [0.1, 0.15) is 0 Å². The lowest BCUT2D eigenvalue weighted by Crippen LogP contribution is -2.04. The first-order valence-corrected chi connectivity index (χ1v) is 3.51. The zero-order valence-electron chi connectivity index (χ0n) is 7.02. The number of aliphatic hydroxyl groups is 1. The molecule has 1 nitrogen and oxygen atoms in total. The summed E-state index contributed by atoms with van der Waals surface area (Å²) in [5, 5.41) is 9.23. The topological polar surface area (TPSA) is 20.2 Å². The van der Waals surface area contributed by atoms with Crippen LogP contribution < -0.4 is 0 Å². The van der Waals surface area contributed by atoms with Crippen LogP contribution in [-0.4, -0.2) is 11.2 Å². The van der Waals surface area contributed by atoms with Crippen molar-refractivity contribution in [1.82, 2.24) is 0 Å². The Kier molecular flexibility index (Phi) is 4.05. The first-order valence-electron chi connectivity index (χ1n) is 3.51. The van der Waals surface area contributed by atoms with Crippen LogP contribution in [0.5, 0.6) is 0 Å². The lowest BCUT2D eigenvalue weighted by atomic mass is 10.1. The molecule has 0 aromatic heterocycles. The van der Waals surface area contributed by atoms with Gasteiger partial charge >= 0.3 is 0 Å². The maximum absolute atomic E-state index is 9.23. The van der Waals surface area contributed by atoms with Crippen molar-refractivity contribution >= 4 is 0 Å². The summed E-state index contributed by atoms with van der Waals surface area (Å²) in [6.45, 7) is 9.53. The van der Waals surface area contributed by atoms with E-state index in [0.717, 1.165) is 5.57 Å². The maximum atomic E-state index is 9.23. The molecule has 0 spiro atoms. The second-order valence-corrected chi connectivity index (χ2v) is 2.88. The predicted octanol–water partition coefficient (Wildman–Crippen LogP) is 2.28. The van der Waals surface area contributed by atoms with Crippen molar-refractivity contribution in [3.05, 3.63) is 23.8 Å². The summed E-state index contributed by atoms with van der Waals surface area (Å²) >= 11 is 0. The van der Waals surface area contributed by atoms with Gasteiger partial charge in [-0.05, 0) is 27.2 Å². The molecule has 1 unspecified atom stereocenters. The van der Waals surface area contributed by atoms with E-state index in [1.807, 2.05) is 26.8 Å². The molecule has 0 aromatic rings. The fraction of sp³-hybridized carbons (Fsp3) is 0.556. The van der Waals surface area contributed by atoms with Gasteiger partial charge in [0.25, 0.3) is 0 Å². The van der Waals surface area contributed by atoms with Crippen molar-refractivity contribution in [1.29, 1.82) is 0 Å². The van der Waals surface area contributed by atoms with E-state index >= 15 is 0 Å². The third-order valence-corrected chi connectivity index (χ3v) is 1.32. The fourth-order valence-corrected chi connectivity index (χ4v) is 0.549. The van der Waals surface area contributed by atoms with Crippen LogP contribution in [0.2, 0.25) is 0 Å². The van der Waals surface area contributed by atoms with E-state index in [2.05, 4.69) is 6.58 Å². The summed E-state index contributed by atoms with van der Waals surface area (Å²) in [4.78, 5) is 0. The first kappa shape index (κ1) is 9.44. The molecule has 0 aliphatic rings. The number of rotatable bonds is 3. The summed E-state index contributed by atoms with van der Waals surface area (Å²) in [6, 6.07) is 0. The predicted molar refractivity (Wildman–Crippen MR) is 44.9 cm³/mol. The molecule has 0 bridgehead atoms. The minimum atomic E-state index is -0.366. The van der Waals surface area contributed by atoms with Crippen LogP contribution in [-0.2, 0) is 0 Å². The van der Waals surface area contributed by atoms with Crippen molar-refractivity contribution in [2.24, 2.45) is 0 Å². The van der Waals surface area contributed by atoms with Crippen LogP contribution in [0.25, 0.3) is 0 Å². The summed E-state index contributed by atoms with van der Waals surface area (Å²) in [5.74, 6) is 0. The average molecular weight is 140 g/mol. The molecule has 0 rings (SSSR count). The molecule has 1 atom stereocenters. The van der Waals surface area contributed by atoms with E-state index < -0.39 is 0 Å². The Morgan fingerprint density at radius 1 is 1.50 bits per heavy atom. The van der Waals surface area contributed by atoms with Gasteiger partial charge in [0.15, 0.2) is 0 Å². The largest absolute Gasteiger partial charge is 0.388 e. The van der Waals surface area contributed by atoms with Gasteiger partial charge in [-0.15, -0.1) is 0 Å². The molecule has 10 heavy (non-hydrogen) atoms. The van der Waals surface area contributed by atoms with E-state index in [4.69, 9.17) is 0 Å². The van der Waals surface area contributed by atoms with Crippen LogP contribution in [0.15, 0.2) is 23.8 Å². The number of aliphatic hydroxyl groups excluding tert-OH is 1. The highest BCUT2D eigenvalue weighted by Crippen LogP contribution is 2.04. The molecule has 0 aliphatic carbocycles. The van der Waals surface area contributed by atoms with Gasteiger partial charge in [0.05, 0.1) is 6.10 Å². The van der Waals surface area contributed by atoms with Gasteiger partial charge in [-0.2, -0.15) is 0 Å². The van der Waals surface area contributed by atoms with Gasteiger partial charge in [-0.3, -0.25) is 0 Å². The molecule has 1 N–H and O–H groups in total. The fourth-order valence-electron chi connectivity index (χ4n) is 0.549. The molecule has 0 saturated carbocycles. The number of hydrogen-bond donors (Lipinski definition) is 1. The Morgan fingerprint density at radius 2 is 2.00 bits per heavy atom. The Labute approximate surface area is 63.1 Å². The van der Waals surface area contributed by atoms with Crippen LogP contribution >= 0.6 is 0 Å². The third kappa shape index (κ3) is 4.33. The summed E-state index contributed by atoms with van der Waals surface area (Å²) in [6.07, 6.45) is 2.34. The summed E-state index contributed by atoms with van der Waals surface area (Å²) < 4.78 is 0. The van der Waals surface area contributed by atoms with Gasteiger partial charge in [-0.1, -0.05) is 23.8 Å². The van der Waals surface area contributed by atoms with Crippen molar-refractivity contribution in [3.8, 4) is 0 Å². The standard InChI is InChI=1S/C9H16O/c1-7(2)5-6-9(10)8(3)4/h5,9-10H,3,6H2,1-2,4H3. The van der Waals surface area contributed by atoms with Gasteiger partial charge < -0.3 is 5.11 Å². The maximum Gasteiger partial charge on any atom is 0.0779 e. The molecule has 0 aliphatic heterocycles. The Bertz CT molecular complexity index is 141. The molecular formula is C9H16O. The van der Waals surface area contributed by atoms with Crippen molar-refractivity contribution in [2.75, 3.05) is 0 Å². The molecule has 0 heterocycles. The number of hydrogen-bond acceptors (Lipinski definition) is 1. The average Bonchev–Trinajstić information content (AvgIpc) is 1.82. The highest BCUT2D eigenvalue weighted by Gasteiger charge is 1.99. The first-order chi connectivity index (χ1) is 4.54. The molecule has 0 fully saturated rings. The van der Waals surface area contributed by atoms with E-state index in [0.29, 0.717) is 6.42 Å². The van der Waals surface area contributed by atoms with Gasteiger partial charge in [-0.25, -0.2) is 0 Å². The summed E-state index contributed by atoms with van der Waals surface area (Å²) in [7, 11) is 0. The molecule has 0 aromatic carbocycles. The van der Waals surface area contributed by atoms with Crippen LogP contribution in [0, 0.1) is 0 Å². The van der Waals surface area contributed by atoms with E-state index in [-0.39, 0.29) is 6.10 Å². The highest BCUT2D eigenvalue weighted by atomic mass is 16.3. The molecule has 0 radical (unpaired) electrons. The zero-order chi connectivity index (χ0) is 8.15. The van der Waals surface area contributed by atoms with Crippen molar-refractivity contribution < 1.29 is 5.11 Å². The smallest absolute Gasteiger partial charge is 0.0779 e. The Balaban J connectivity index is 3.70. The van der Waals surface area contributed by atoms with E-state index in [1.165, 1.54) is 5.57 Å². The number of allylic oxidation sites excluding steroid dienone is 1. The van der Waals surface area contributed by atoms with Crippen molar-refractivity contribution in [3.63, 3.8) is 0 Å². The van der Waals surface area contributed by atoms with Crippen LogP contribution in [0.3, 0.4) is 0 Å². The van der Waals surface area contributed by atoms with Crippen LogP contribution in [0.4, 0.5) is 0 Å². The zero-order valence-corrected chi connectivity index (χ0v) is 7.02. The minimum absolute atomic E-state index is 0.366. The minimum Gasteiger partial charge on any atom is -0.388 e. The monoisotopic (exact) mass is 140 g/mol. The van der Waals surface area contributed by atoms with E-state index in [1.54, 1.807) is 0 Å². The lowest BCUT2D eigenvalue weighted by molar-refractivity contribution is 0.214. The molecule has 1 heteroatoms. The quantitative estimate of drug-likeness (QED) is 0.596.